The van der Waals surface area contributed by atoms with Gasteiger partial charge in [0.2, 0.25) is 0 Å². The molecule has 110 valence electrons. The molecule has 0 aliphatic heterocycles. The van der Waals surface area contributed by atoms with Crippen LogP contribution >= 0.6 is 27.3 Å². The summed E-state index contributed by atoms with van der Waals surface area (Å²) in [6.45, 7) is 3.02. The van der Waals surface area contributed by atoms with Gasteiger partial charge in [-0.25, -0.2) is 4.39 Å². The van der Waals surface area contributed by atoms with Crippen LogP contribution in [-0.2, 0) is 0 Å². The molecular formula is C16H15BrFNOS. The lowest BCUT2D eigenvalue weighted by Crippen LogP contribution is -2.22. The summed E-state index contributed by atoms with van der Waals surface area (Å²) in [5.41, 5.74) is 0.711. The summed E-state index contributed by atoms with van der Waals surface area (Å²) in [5.74, 6) is 0.567. The number of hydrogen-bond donors (Lipinski definition) is 1. The highest BCUT2D eigenvalue weighted by molar-refractivity contribution is 9.10. The first kappa shape index (κ1) is 14.8. The summed E-state index contributed by atoms with van der Waals surface area (Å²) in [6, 6.07) is 8.53. The van der Waals surface area contributed by atoms with Crippen molar-refractivity contribution in [3.05, 3.63) is 56.6 Å². The summed E-state index contributed by atoms with van der Waals surface area (Å²) in [5, 5.41) is 6.33. The molecule has 1 atom stereocenters. The van der Waals surface area contributed by atoms with Gasteiger partial charge in [-0.3, -0.25) is 0 Å². The molecule has 2 nitrogen and oxygen atoms in total. The van der Waals surface area contributed by atoms with E-state index in [9.17, 15) is 4.39 Å². The molecule has 0 radical (unpaired) electrons. The molecule has 0 amide bonds. The van der Waals surface area contributed by atoms with E-state index in [2.05, 4.69) is 28.2 Å². The van der Waals surface area contributed by atoms with Crippen LogP contribution in [0.2, 0.25) is 0 Å². The number of halogens is 2. The highest BCUT2D eigenvalue weighted by Crippen LogP contribution is 2.35. The lowest BCUT2D eigenvalue weighted by molar-refractivity contribution is 0.472. The van der Waals surface area contributed by atoms with Gasteiger partial charge in [0, 0.05) is 14.7 Å². The molecule has 0 spiro atoms. The molecule has 0 saturated carbocycles. The second kappa shape index (κ2) is 6.30. The summed E-state index contributed by atoms with van der Waals surface area (Å²) in [6.07, 6.45) is 1.04. The van der Waals surface area contributed by atoms with Crippen LogP contribution in [0.25, 0.3) is 11.0 Å². The molecule has 0 bridgehead atoms. The zero-order chi connectivity index (χ0) is 14.8. The van der Waals surface area contributed by atoms with E-state index in [0.717, 1.165) is 28.6 Å². The molecule has 1 aromatic carbocycles. The zero-order valence-electron chi connectivity index (χ0n) is 11.5. The SMILES string of the molecule is CCCNC(c1cc2cc(F)ccc2o1)c1sccc1Br. The minimum atomic E-state index is -0.245. The molecule has 3 rings (SSSR count). The van der Waals surface area contributed by atoms with Gasteiger partial charge in [-0.2, -0.15) is 0 Å². The highest BCUT2D eigenvalue weighted by atomic mass is 79.9. The van der Waals surface area contributed by atoms with Crippen molar-refractivity contribution in [1.29, 1.82) is 0 Å². The first-order valence-electron chi connectivity index (χ1n) is 6.84. The standard InChI is InChI=1S/C16H15BrFNOS/c1-2-6-19-15(16-12(17)5-7-21-16)14-9-10-8-11(18)3-4-13(10)20-14/h3-5,7-9,15,19H,2,6H2,1H3. The van der Waals surface area contributed by atoms with Crippen molar-refractivity contribution in [2.45, 2.75) is 19.4 Å². The van der Waals surface area contributed by atoms with Gasteiger partial charge in [-0.1, -0.05) is 6.92 Å². The van der Waals surface area contributed by atoms with E-state index in [4.69, 9.17) is 4.42 Å². The largest absolute Gasteiger partial charge is 0.459 e. The molecule has 0 saturated heterocycles. The van der Waals surface area contributed by atoms with Crippen LogP contribution in [0.1, 0.15) is 30.0 Å². The molecule has 2 aromatic heterocycles. The van der Waals surface area contributed by atoms with E-state index < -0.39 is 0 Å². The molecular weight excluding hydrogens is 353 g/mol. The van der Waals surface area contributed by atoms with E-state index in [1.54, 1.807) is 17.4 Å². The van der Waals surface area contributed by atoms with E-state index in [1.807, 2.05) is 17.5 Å². The Bertz CT molecular complexity index is 752. The first-order chi connectivity index (χ1) is 10.2. The Labute approximate surface area is 135 Å². The normalized spacial score (nSPS) is 12.9. The summed E-state index contributed by atoms with van der Waals surface area (Å²) < 4.78 is 20.3. The van der Waals surface area contributed by atoms with Crippen molar-refractivity contribution in [3.63, 3.8) is 0 Å². The molecule has 5 heteroatoms. The van der Waals surface area contributed by atoms with Crippen LogP contribution in [0.4, 0.5) is 4.39 Å². The quantitative estimate of drug-likeness (QED) is 0.645. The Balaban J connectivity index is 2.03. The molecule has 1 N–H and O–H groups in total. The second-order valence-electron chi connectivity index (χ2n) is 4.85. The van der Waals surface area contributed by atoms with Crippen LogP contribution < -0.4 is 5.32 Å². The number of hydrogen-bond acceptors (Lipinski definition) is 3. The molecule has 3 aromatic rings. The zero-order valence-corrected chi connectivity index (χ0v) is 13.9. The number of rotatable bonds is 5. The third kappa shape index (κ3) is 3.05. The lowest BCUT2D eigenvalue weighted by Gasteiger charge is -2.15. The number of nitrogens with one attached hydrogen (secondary N) is 1. The summed E-state index contributed by atoms with van der Waals surface area (Å²) in [4.78, 5) is 1.17. The first-order valence-corrected chi connectivity index (χ1v) is 8.51. The monoisotopic (exact) mass is 367 g/mol. The van der Waals surface area contributed by atoms with Gasteiger partial charge < -0.3 is 9.73 Å². The Morgan fingerprint density at radius 2 is 2.19 bits per heavy atom. The van der Waals surface area contributed by atoms with Crippen molar-refractivity contribution < 1.29 is 8.81 Å². The van der Waals surface area contributed by atoms with Crippen molar-refractivity contribution in [3.8, 4) is 0 Å². The highest BCUT2D eigenvalue weighted by Gasteiger charge is 2.21. The van der Waals surface area contributed by atoms with Gasteiger partial charge in [0.05, 0.1) is 0 Å². The smallest absolute Gasteiger partial charge is 0.134 e. The Hall–Kier alpha value is -1.17. The van der Waals surface area contributed by atoms with E-state index in [1.165, 1.54) is 17.0 Å². The van der Waals surface area contributed by atoms with Crippen molar-refractivity contribution in [2.24, 2.45) is 0 Å². The fourth-order valence-electron chi connectivity index (χ4n) is 2.30. The van der Waals surface area contributed by atoms with Crippen LogP contribution in [-0.4, -0.2) is 6.54 Å². The molecule has 0 fully saturated rings. The molecule has 2 heterocycles. The summed E-state index contributed by atoms with van der Waals surface area (Å²) in [7, 11) is 0. The Morgan fingerprint density at radius 3 is 2.90 bits per heavy atom. The Kier molecular flexibility index (Phi) is 4.42. The lowest BCUT2D eigenvalue weighted by atomic mass is 10.1. The van der Waals surface area contributed by atoms with Gasteiger partial charge in [0.25, 0.3) is 0 Å². The maximum absolute atomic E-state index is 13.3. The van der Waals surface area contributed by atoms with Gasteiger partial charge >= 0.3 is 0 Å². The van der Waals surface area contributed by atoms with Crippen molar-refractivity contribution >= 4 is 38.2 Å². The van der Waals surface area contributed by atoms with Gasteiger partial charge in [-0.15, -0.1) is 11.3 Å². The van der Waals surface area contributed by atoms with Crippen LogP contribution in [0.3, 0.4) is 0 Å². The maximum atomic E-state index is 13.3. The Morgan fingerprint density at radius 1 is 1.33 bits per heavy atom. The van der Waals surface area contributed by atoms with Gasteiger partial charge in [-0.05, 0) is 64.6 Å². The average molecular weight is 368 g/mol. The van der Waals surface area contributed by atoms with Gasteiger partial charge in [0.1, 0.15) is 23.2 Å². The molecule has 0 aliphatic rings. The third-order valence-electron chi connectivity index (χ3n) is 3.29. The number of fused-ring (bicyclic) bond motifs is 1. The fourth-order valence-corrected chi connectivity index (χ4v) is 3.98. The van der Waals surface area contributed by atoms with E-state index in [-0.39, 0.29) is 11.9 Å². The average Bonchev–Trinajstić information content (AvgIpc) is 3.06. The molecule has 0 aliphatic carbocycles. The third-order valence-corrected chi connectivity index (χ3v) is 5.22. The van der Waals surface area contributed by atoms with Crippen molar-refractivity contribution in [2.75, 3.05) is 6.54 Å². The molecule has 21 heavy (non-hydrogen) atoms. The van der Waals surface area contributed by atoms with Crippen LogP contribution in [0.5, 0.6) is 0 Å². The minimum absolute atomic E-state index is 0.0187. The predicted molar refractivity (Wildman–Crippen MR) is 88.3 cm³/mol. The topological polar surface area (TPSA) is 25.2 Å². The number of thiophene rings is 1. The number of benzene rings is 1. The van der Waals surface area contributed by atoms with Crippen molar-refractivity contribution in [1.82, 2.24) is 5.32 Å². The van der Waals surface area contributed by atoms with Crippen LogP contribution in [0.15, 0.2) is 44.6 Å². The maximum Gasteiger partial charge on any atom is 0.134 e. The molecule has 1 unspecified atom stereocenters. The van der Waals surface area contributed by atoms with E-state index in [0.29, 0.717) is 5.58 Å². The fraction of sp³-hybridized carbons (Fsp3) is 0.250. The number of furan rings is 1. The predicted octanol–water partition coefficient (Wildman–Crippen LogP) is 5.48. The van der Waals surface area contributed by atoms with Gasteiger partial charge in [0.15, 0.2) is 0 Å². The van der Waals surface area contributed by atoms with Crippen LogP contribution in [0, 0.1) is 5.82 Å². The summed E-state index contributed by atoms with van der Waals surface area (Å²) >= 11 is 5.25. The minimum Gasteiger partial charge on any atom is -0.459 e. The van der Waals surface area contributed by atoms with E-state index >= 15 is 0 Å². The second-order valence-corrected chi connectivity index (χ2v) is 6.65.